The van der Waals surface area contributed by atoms with Crippen LogP contribution in [0.2, 0.25) is 0 Å². The van der Waals surface area contributed by atoms with E-state index in [2.05, 4.69) is 5.32 Å². The third-order valence-corrected chi connectivity index (χ3v) is 5.14. The molecule has 1 fully saturated rings. The van der Waals surface area contributed by atoms with E-state index >= 15 is 0 Å². The van der Waals surface area contributed by atoms with E-state index in [4.69, 9.17) is 12.2 Å². The number of non-ortho nitro benzene ring substituents is 1. The van der Waals surface area contributed by atoms with E-state index in [1.165, 1.54) is 23.1 Å². The average Bonchev–Trinajstić information content (AvgIpc) is 2.67. The lowest BCUT2D eigenvalue weighted by atomic mass is 10.0. The van der Waals surface area contributed by atoms with E-state index < -0.39 is 16.7 Å². The summed E-state index contributed by atoms with van der Waals surface area (Å²) >= 11 is 5.23. The van der Waals surface area contributed by atoms with Crippen molar-refractivity contribution in [3.05, 3.63) is 68.8 Å². The molecule has 0 bridgehead atoms. The van der Waals surface area contributed by atoms with Crippen LogP contribution < -0.4 is 15.1 Å². The van der Waals surface area contributed by atoms with Crippen molar-refractivity contribution < 1.29 is 14.5 Å². The summed E-state index contributed by atoms with van der Waals surface area (Å²) in [6, 6.07) is 9.70. The molecule has 0 aromatic heterocycles. The largest absolute Gasteiger partial charge is 0.377 e. The van der Waals surface area contributed by atoms with Crippen LogP contribution >= 0.6 is 12.2 Å². The van der Waals surface area contributed by atoms with Gasteiger partial charge in [-0.05, 0) is 61.5 Å². The van der Waals surface area contributed by atoms with Crippen molar-refractivity contribution in [1.82, 2.24) is 5.32 Å². The maximum absolute atomic E-state index is 13.2. The highest BCUT2D eigenvalue weighted by molar-refractivity contribution is 7.80. The number of anilines is 2. The number of carbonyl (C=O) groups excluding carboxylic acids is 2. The Hall–Kier alpha value is -3.59. The molecule has 154 valence electrons. The molecule has 1 aliphatic rings. The Labute approximate surface area is 178 Å². The first-order chi connectivity index (χ1) is 14.1. The number of rotatable bonds is 4. The Bertz CT molecular complexity index is 1120. The van der Waals surface area contributed by atoms with E-state index in [1.807, 2.05) is 26.0 Å². The zero-order chi connectivity index (χ0) is 22.2. The average molecular weight is 424 g/mol. The van der Waals surface area contributed by atoms with Crippen LogP contribution in [0.5, 0.6) is 0 Å². The van der Waals surface area contributed by atoms with Gasteiger partial charge in [0, 0.05) is 37.5 Å². The smallest absolute Gasteiger partial charge is 0.270 e. The van der Waals surface area contributed by atoms with Gasteiger partial charge in [0.15, 0.2) is 5.11 Å². The molecule has 9 heteroatoms. The monoisotopic (exact) mass is 424 g/mol. The molecule has 0 unspecified atom stereocenters. The predicted octanol–water partition coefficient (Wildman–Crippen LogP) is 3.11. The van der Waals surface area contributed by atoms with E-state index in [0.717, 1.165) is 11.1 Å². The lowest BCUT2D eigenvalue weighted by Crippen LogP contribution is -2.54. The number of nitro groups is 1. The van der Waals surface area contributed by atoms with Crippen LogP contribution in [0.15, 0.2) is 42.0 Å². The number of benzene rings is 2. The second kappa shape index (κ2) is 8.03. The number of nitrogens with one attached hydrogen (secondary N) is 1. The van der Waals surface area contributed by atoms with Gasteiger partial charge in [-0.3, -0.25) is 29.9 Å². The molecule has 2 aromatic rings. The van der Waals surface area contributed by atoms with Gasteiger partial charge in [0.1, 0.15) is 5.57 Å². The quantitative estimate of drug-likeness (QED) is 0.266. The lowest BCUT2D eigenvalue weighted by Gasteiger charge is -2.29. The summed E-state index contributed by atoms with van der Waals surface area (Å²) in [6.45, 7) is 3.87. The van der Waals surface area contributed by atoms with Crippen LogP contribution in [0.1, 0.15) is 16.7 Å². The Morgan fingerprint density at radius 3 is 2.40 bits per heavy atom. The van der Waals surface area contributed by atoms with E-state index in [-0.39, 0.29) is 16.4 Å². The molecule has 8 nitrogen and oxygen atoms in total. The Morgan fingerprint density at radius 2 is 1.80 bits per heavy atom. The van der Waals surface area contributed by atoms with Gasteiger partial charge in [0.05, 0.1) is 10.6 Å². The molecule has 0 radical (unpaired) electrons. The second-order valence-electron chi connectivity index (χ2n) is 7.12. The van der Waals surface area contributed by atoms with Crippen molar-refractivity contribution in [2.45, 2.75) is 13.8 Å². The first-order valence-corrected chi connectivity index (χ1v) is 9.45. The molecule has 1 N–H and O–H groups in total. The molecule has 0 atom stereocenters. The van der Waals surface area contributed by atoms with E-state index in [1.54, 1.807) is 31.1 Å². The van der Waals surface area contributed by atoms with Crippen molar-refractivity contribution in [3.8, 4) is 0 Å². The Balaban J connectivity index is 2.12. The molecule has 0 aliphatic carbocycles. The van der Waals surface area contributed by atoms with Crippen molar-refractivity contribution in [2.24, 2.45) is 0 Å². The van der Waals surface area contributed by atoms with Crippen LogP contribution in [-0.2, 0) is 9.59 Å². The molecule has 1 heterocycles. The third-order valence-electron chi connectivity index (χ3n) is 4.85. The lowest BCUT2D eigenvalue weighted by molar-refractivity contribution is -0.384. The van der Waals surface area contributed by atoms with Gasteiger partial charge in [0.25, 0.3) is 17.5 Å². The van der Waals surface area contributed by atoms with E-state index in [9.17, 15) is 19.7 Å². The van der Waals surface area contributed by atoms with Gasteiger partial charge in [-0.15, -0.1) is 0 Å². The second-order valence-corrected chi connectivity index (χ2v) is 7.51. The molecule has 3 rings (SSSR count). The number of hydrogen-bond donors (Lipinski definition) is 1. The van der Waals surface area contributed by atoms with Crippen LogP contribution in [0.4, 0.5) is 17.1 Å². The number of amides is 2. The van der Waals surface area contributed by atoms with Crippen molar-refractivity contribution >= 4 is 52.3 Å². The number of aryl methyl sites for hydroxylation is 2. The molecular formula is C21H20N4O4S. The number of nitrogens with zero attached hydrogens (tertiary/aromatic N) is 3. The molecule has 1 saturated heterocycles. The Kier molecular flexibility index (Phi) is 5.66. The summed E-state index contributed by atoms with van der Waals surface area (Å²) in [4.78, 5) is 39.4. The maximum Gasteiger partial charge on any atom is 0.270 e. The van der Waals surface area contributed by atoms with Gasteiger partial charge in [-0.2, -0.15) is 0 Å². The van der Waals surface area contributed by atoms with Crippen LogP contribution in [-0.4, -0.2) is 35.9 Å². The highest BCUT2D eigenvalue weighted by Gasteiger charge is 2.35. The standard InChI is InChI=1S/C21H20N4O4S/c1-12-5-6-15(9-13(12)2)24-20(27)17(19(26)22-21(24)30)11-14-10-16(25(28)29)7-8-18(14)23(3)4/h5-11H,1-4H3,(H,22,26,30)/b17-11-. The van der Waals surface area contributed by atoms with Crippen LogP contribution in [0.3, 0.4) is 0 Å². The predicted molar refractivity (Wildman–Crippen MR) is 120 cm³/mol. The van der Waals surface area contributed by atoms with Crippen molar-refractivity contribution in [3.63, 3.8) is 0 Å². The number of carbonyl (C=O) groups is 2. The highest BCUT2D eigenvalue weighted by atomic mass is 32.1. The maximum atomic E-state index is 13.2. The SMILES string of the molecule is Cc1ccc(N2C(=O)/C(=C\c3cc([N+](=O)[O-])ccc3N(C)C)C(=O)NC2=S)cc1C. The summed E-state index contributed by atoms with van der Waals surface area (Å²) in [5.41, 5.74) is 3.26. The molecule has 0 spiro atoms. The first kappa shape index (κ1) is 21.1. The summed E-state index contributed by atoms with van der Waals surface area (Å²) in [5, 5.41) is 13.7. The third kappa shape index (κ3) is 3.92. The van der Waals surface area contributed by atoms with Crippen LogP contribution in [0.25, 0.3) is 6.08 Å². The number of thiocarbonyl (C=S) groups is 1. The fourth-order valence-electron chi connectivity index (χ4n) is 3.09. The minimum absolute atomic E-state index is 0.0164. The molecule has 0 saturated carbocycles. The summed E-state index contributed by atoms with van der Waals surface area (Å²) < 4.78 is 0. The van der Waals surface area contributed by atoms with Gasteiger partial charge < -0.3 is 4.90 Å². The van der Waals surface area contributed by atoms with Gasteiger partial charge >= 0.3 is 0 Å². The molecular weight excluding hydrogens is 404 g/mol. The first-order valence-electron chi connectivity index (χ1n) is 9.04. The normalized spacial score (nSPS) is 15.4. The Morgan fingerprint density at radius 1 is 1.10 bits per heavy atom. The molecule has 1 aliphatic heterocycles. The summed E-state index contributed by atoms with van der Waals surface area (Å²) in [5.74, 6) is -1.25. The number of hydrogen-bond acceptors (Lipinski definition) is 6. The molecule has 2 aromatic carbocycles. The topological polar surface area (TPSA) is 95.8 Å². The van der Waals surface area contributed by atoms with Crippen molar-refractivity contribution in [2.75, 3.05) is 23.9 Å². The van der Waals surface area contributed by atoms with Gasteiger partial charge in [0.2, 0.25) is 0 Å². The minimum atomic E-state index is -0.652. The van der Waals surface area contributed by atoms with Gasteiger partial charge in [-0.25, -0.2) is 0 Å². The van der Waals surface area contributed by atoms with E-state index in [0.29, 0.717) is 16.9 Å². The summed E-state index contributed by atoms with van der Waals surface area (Å²) in [7, 11) is 3.53. The zero-order valence-electron chi connectivity index (χ0n) is 16.9. The summed E-state index contributed by atoms with van der Waals surface area (Å²) in [6.07, 6.45) is 1.36. The van der Waals surface area contributed by atoms with Gasteiger partial charge in [-0.1, -0.05) is 6.07 Å². The zero-order valence-corrected chi connectivity index (χ0v) is 17.7. The molecule has 2 amide bonds. The highest BCUT2D eigenvalue weighted by Crippen LogP contribution is 2.29. The minimum Gasteiger partial charge on any atom is -0.377 e. The fourth-order valence-corrected chi connectivity index (χ4v) is 3.37. The van der Waals surface area contributed by atoms with Crippen molar-refractivity contribution in [1.29, 1.82) is 0 Å². The fraction of sp³-hybridized carbons (Fsp3) is 0.190. The number of nitro benzene ring substituents is 1. The molecule has 30 heavy (non-hydrogen) atoms. The van der Waals surface area contributed by atoms with Crippen LogP contribution in [0, 0.1) is 24.0 Å².